The maximum atomic E-state index is 11.3. The number of alkyl carbamates (subject to hydrolysis) is 1. The molecule has 0 atom stereocenters. The van der Waals surface area contributed by atoms with Gasteiger partial charge in [-0.05, 0) is 21.0 Å². The van der Waals surface area contributed by atoms with Gasteiger partial charge in [0.15, 0.2) is 0 Å². The van der Waals surface area contributed by atoms with Gasteiger partial charge in [-0.1, -0.05) is 0 Å². The molecule has 0 aromatic rings. The van der Waals surface area contributed by atoms with E-state index >= 15 is 0 Å². The number of nitrogens with zero attached hydrogens (tertiary/aromatic N) is 2. The predicted molar refractivity (Wildman–Crippen MR) is 65.8 cm³/mol. The molecule has 6 nitrogen and oxygen atoms in total. The molecule has 0 fully saturated rings. The fraction of sp³-hybridized carbons (Fsp3) is 0.818. The Morgan fingerprint density at radius 2 is 1.82 bits per heavy atom. The zero-order chi connectivity index (χ0) is 13.3. The van der Waals surface area contributed by atoms with Crippen molar-refractivity contribution < 1.29 is 14.3 Å². The van der Waals surface area contributed by atoms with Gasteiger partial charge < -0.3 is 19.9 Å². The second-order valence-corrected chi connectivity index (χ2v) is 3.96. The average molecular weight is 245 g/mol. The van der Waals surface area contributed by atoms with Crippen molar-refractivity contribution in [3.8, 4) is 0 Å². The van der Waals surface area contributed by atoms with E-state index < -0.39 is 6.09 Å². The van der Waals surface area contributed by atoms with Gasteiger partial charge in [-0.2, -0.15) is 0 Å². The number of ether oxygens (including phenoxy) is 1. The van der Waals surface area contributed by atoms with E-state index in [0.717, 1.165) is 6.54 Å². The first-order valence-electron chi connectivity index (χ1n) is 5.78. The van der Waals surface area contributed by atoms with Crippen LogP contribution in [0.25, 0.3) is 0 Å². The first-order chi connectivity index (χ1) is 7.97. The number of amides is 2. The first kappa shape index (κ1) is 15.7. The molecule has 0 saturated heterocycles. The van der Waals surface area contributed by atoms with Crippen LogP contribution < -0.4 is 5.32 Å². The molecule has 0 aromatic heterocycles. The van der Waals surface area contributed by atoms with Crippen molar-refractivity contribution in [2.45, 2.75) is 13.8 Å². The minimum atomic E-state index is -0.441. The quantitative estimate of drug-likeness (QED) is 0.693. The summed E-state index contributed by atoms with van der Waals surface area (Å²) in [5, 5.41) is 2.59. The van der Waals surface area contributed by atoms with Crippen LogP contribution in [-0.2, 0) is 9.53 Å². The van der Waals surface area contributed by atoms with Gasteiger partial charge in [0.2, 0.25) is 5.91 Å². The molecule has 0 bridgehead atoms. The van der Waals surface area contributed by atoms with Crippen molar-refractivity contribution >= 4 is 12.0 Å². The molecule has 100 valence electrons. The van der Waals surface area contributed by atoms with Gasteiger partial charge in [-0.3, -0.25) is 4.79 Å². The van der Waals surface area contributed by atoms with Gasteiger partial charge in [0.05, 0.1) is 6.61 Å². The van der Waals surface area contributed by atoms with E-state index in [9.17, 15) is 9.59 Å². The van der Waals surface area contributed by atoms with Gasteiger partial charge in [0.25, 0.3) is 0 Å². The Hall–Kier alpha value is -1.30. The molecule has 0 spiro atoms. The number of carbonyl (C=O) groups excluding carboxylic acids is 2. The van der Waals surface area contributed by atoms with Crippen molar-refractivity contribution in [2.75, 3.05) is 46.9 Å². The number of hydrogen-bond donors (Lipinski definition) is 1. The molecule has 0 unspecified atom stereocenters. The molecular weight excluding hydrogens is 222 g/mol. The lowest BCUT2D eigenvalue weighted by Crippen LogP contribution is -2.40. The molecular formula is C11H23N3O3. The maximum Gasteiger partial charge on any atom is 0.407 e. The third kappa shape index (κ3) is 8.50. The minimum absolute atomic E-state index is 0.0116. The summed E-state index contributed by atoms with van der Waals surface area (Å²) in [5.41, 5.74) is 0. The Bertz CT molecular complexity index is 244. The van der Waals surface area contributed by atoms with Crippen molar-refractivity contribution in [2.24, 2.45) is 0 Å². The van der Waals surface area contributed by atoms with Crippen LogP contribution in [0.1, 0.15) is 13.8 Å². The SMILES string of the molecule is CCOC(=O)NCCN(CCN(C)C)C(C)=O. The monoisotopic (exact) mass is 245 g/mol. The highest BCUT2D eigenvalue weighted by Crippen LogP contribution is 1.90. The van der Waals surface area contributed by atoms with Gasteiger partial charge in [0, 0.05) is 33.1 Å². The second-order valence-electron chi connectivity index (χ2n) is 3.96. The summed E-state index contributed by atoms with van der Waals surface area (Å²) in [5.74, 6) is 0.0116. The molecule has 0 saturated carbocycles. The fourth-order valence-corrected chi connectivity index (χ4v) is 1.22. The third-order valence-electron chi connectivity index (χ3n) is 2.19. The lowest BCUT2D eigenvalue weighted by Gasteiger charge is -2.23. The Morgan fingerprint density at radius 3 is 2.29 bits per heavy atom. The number of rotatable bonds is 7. The highest BCUT2D eigenvalue weighted by Gasteiger charge is 2.09. The lowest BCUT2D eigenvalue weighted by molar-refractivity contribution is -0.128. The molecule has 0 aliphatic carbocycles. The number of nitrogens with one attached hydrogen (secondary N) is 1. The Labute approximate surface area is 103 Å². The van der Waals surface area contributed by atoms with E-state index in [1.165, 1.54) is 6.92 Å². The summed E-state index contributed by atoms with van der Waals surface area (Å²) in [6.45, 7) is 6.00. The molecule has 0 rings (SSSR count). The van der Waals surface area contributed by atoms with Crippen LogP contribution in [0.15, 0.2) is 0 Å². The third-order valence-corrected chi connectivity index (χ3v) is 2.19. The summed E-state index contributed by atoms with van der Waals surface area (Å²) in [6, 6.07) is 0. The van der Waals surface area contributed by atoms with Crippen molar-refractivity contribution in [3.63, 3.8) is 0 Å². The highest BCUT2D eigenvalue weighted by atomic mass is 16.5. The molecule has 0 aliphatic heterocycles. The molecule has 17 heavy (non-hydrogen) atoms. The second kappa shape index (κ2) is 8.81. The van der Waals surface area contributed by atoms with Crippen LogP contribution in [0.3, 0.4) is 0 Å². The largest absolute Gasteiger partial charge is 0.450 e. The first-order valence-corrected chi connectivity index (χ1v) is 5.78. The maximum absolute atomic E-state index is 11.3. The standard InChI is InChI=1S/C11H23N3O3/c1-5-17-11(16)12-6-7-14(10(2)15)9-8-13(3)4/h5-9H2,1-4H3,(H,12,16). The van der Waals surface area contributed by atoms with Crippen LogP contribution in [0.2, 0.25) is 0 Å². The minimum Gasteiger partial charge on any atom is -0.450 e. The number of carbonyl (C=O) groups is 2. The normalized spacial score (nSPS) is 10.2. The molecule has 6 heteroatoms. The van der Waals surface area contributed by atoms with Crippen LogP contribution in [0.4, 0.5) is 4.79 Å². The molecule has 0 radical (unpaired) electrons. The summed E-state index contributed by atoms with van der Waals surface area (Å²) in [4.78, 5) is 26.0. The summed E-state index contributed by atoms with van der Waals surface area (Å²) in [7, 11) is 3.91. The van der Waals surface area contributed by atoms with E-state index in [1.54, 1.807) is 11.8 Å². The van der Waals surface area contributed by atoms with Crippen LogP contribution in [0, 0.1) is 0 Å². The van der Waals surface area contributed by atoms with E-state index in [-0.39, 0.29) is 5.91 Å². The van der Waals surface area contributed by atoms with E-state index in [2.05, 4.69) is 5.32 Å². The van der Waals surface area contributed by atoms with Crippen LogP contribution in [0.5, 0.6) is 0 Å². The van der Waals surface area contributed by atoms with Crippen LogP contribution >= 0.6 is 0 Å². The summed E-state index contributed by atoms with van der Waals surface area (Å²) in [6.07, 6.45) is -0.441. The number of hydrogen-bond acceptors (Lipinski definition) is 4. The van der Waals surface area contributed by atoms with Gasteiger partial charge in [-0.15, -0.1) is 0 Å². The highest BCUT2D eigenvalue weighted by molar-refractivity contribution is 5.73. The van der Waals surface area contributed by atoms with E-state index in [1.807, 2.05) is 19.0 Å². The molecule has 0 heterocycles. The number of likely N-dealkylation sites (N-methyl/N-ethyl adjacent to an activating group) is 1. The smallest absolute Gasteiger partial charge is 0.407 e. The molecule has 1 N–H and O–H groups in total. The Morgan fingerprint density at radius 1 is 1.18 bits per heavy atom. The topological polar surface area (TPSA) is 61.9 Å². The van der Waals surface area contributed by atoms with Gasteiger partial charge >= 0.3 is 6.09 Å². The fourth-order valence-electron chi connectivity index (χ4n) is 1.22. The van der Waals surface area contributed by atoms with Crippen molar-refractivity contribution in [1.82, 2.24) is 15.1 Å². The molecule has 2 amide bonds. The summed E-state index contributed by atoms with van der Waals surface area (Å²) < 4.78 is 4.72. The van der Waals surface area contributed by atoms with E-state index in [4.69, 9.17) is 4.74 Å². The molecule has 0 aromatic carbocycles. The molecule has 0 aliphatic rings. The Kier molecular flexibility index (Phi) is 8.13. The van der Waals surface area contributed by atoms with Crippen LogP contribution in [-0.4, -0.2) is 68.7 Å². The zero-order valence-corrected chi connectivity index (χ0v) is 11.2. The lowest BCUT2D eigenvalue weighted by atomic mass is 10.4. The van der Waals surface area contributed by atoms with Crippen molar-refractivity contribution in [3.05, 3.63) is 0 Å². The zero-order valence-electron chi connectivity index (χ0n) is 11.2. The predicted octanol–water partition coefficient (Wildman–Crippen LogP) is 0.143. The van der Waals surface area contributed by atoms with Gasteiger partial charge in [-0.25, -0.2) is 4.79 Å². The van der Waals surface area contributed by atoms with Crippen molar-refractivity contribution in [1.29, 1.82) is 0 Å². The van der Waals surface area contributed by atoms with Gasteiger partial charge in [0.1, 0.15) is 0 Å². The average Bonchev–Trinajstić information content (AvgIpc) is 2.22. The summed E-state index contributed by atoms with van der Waals surface area (Å²) >= 11 is 0. The Balaban J connectivity index is 3.85. The van der Waals surface area contributed by atoms with E-state index in [0.29, 0.717) is 26.2 Å².